The molecule has 0 radical (unpaired) electrons. The Balaban J connectivity index is 0.00000506. The van der Waals surface area contributed by atoms with Gasteiger partial charge in [-0.25, -0.2) is 13.4 Å². The van der Waals surface area contributed by atoms with Gasteiger partial charge in [0.15, 0.2) is 5.78 Å². The number of Topliss-reactive ketones (excluding diaryl/α,β-unsaturated/α-hetero) is 1. The predicted molar refractivity (Wildman–Crippen MR) is 153 cm³/mol. The summed E-state index contributed by atoms with van der Waals surface area (Å²) in [7, 11) is -8.01. The van der Waals surface area contributed by atoms with Crippen molar-refractivity contribution >= 4 is 64.9 Å². The third kappa shape index (κ3) is 7.71. The first-order chi connectivity index (χ1) is 19.6. The molecule has 0 aliphatic heterocycles. The number of rotatable bonds is 9. The summed E-state index contributed by atoms with van der Waals surface area (Å²) in [5, 5.41) is 10.8. The first kappa shape index (κ1) is 34.4. The maximum absolute atomic E-state index is 12.9. The van der Waals surface area contributed by atoms with E-state index in [9.17, 15) is 35.5 Å². The quantitative estimate of drug-likeness (QED) is 0.115. The van der Waals surface area contributed by atoms with Crippen molar-refractivity contribution in [2.24, 2.45) is 10.2 Å². The average molecular weight is 655 g/mol. The number of carbonyl (C=O) groups is 2. The Kier molecular flexibility index (Phi) is 10.6. The number of hydrogen-bond donors (Lipinski definition) is 2. The number of methoxy groups -OCH3 is 1. The van der Waals surface area contributed by atoms with E-state index < -0.39 is 42.9 Å². The summed E-state index contributed by atoms with van der Waals surface area (Å²) in [6.45, 7) is 4.10. The standard InChI is InChI=1S/C26H24N4O9S3.Na/c1-13-5-10-18-23(24(13)42(36,37)38)40-26(28-18)16-6-8-17(9-7-16)29-30-22(15(3)31)25(32)27-19-11-14(2)21(41(33,34)35)12-20(19)39-4;/h5-12,22H,1-4H3,(H,27,32)(H,33,34,35)(H,36,37,38);/q;+1/p-1. The molecule has 1 heterocycles. The van der Waals surface area contributed by atoms with E-state index in [0.717, 1.165) is 24.3 Å². The molecule has 13 nitrogen and oxygen atoms in total. The summed E-state index contributed by atoms with van der Waals surface area (Å²) in [6.07, 6.45) is 0. The van der Waals surface area contributed by atoms with Crippen LogP contribution in [0, 0.1) is 13.8 Å². The van der Waals surface area contributed by atoms with E-state index in [2.05, 4.69) is 20.5 Å². The number of anilines is 1. The number of aromatic nitrogens is 1. The van der Waals surface area contributed by atoms with Crippen LogP contribution in [0.5, 0.6) is 5.75 Å². The van der Waals surface area contributed by atoms with Gasteiger partial charge in [0.2, 0.25) is 6.04 Å². The van der Waals surface area contributed by atoms with E-state index in [0.29, 0.717) is 27.3 Å². The van der Waals surface area contributed by atoms with Crippen LogP contribution < -0.4 is 39.6 Å². The molecule has 0 fully saturated rings. The van der Waals surface area contributed by atoms with Gasteiger partial charge in [-0.2, -0.15) is 18.6 Å². The number of nitrogens with zero attached hydrogens (tertiary/aromatic N) is 3. The molecule has 1 unspecified atom stereocenters. The number of nitrogens with one attached hydrogen (secondary N) is 1. The molecule has 0 bridgehead atoms. The van der Waals surface area contributed by atoms with E-state index >= 15 is 0 Å². The second-order valence-corrected chi connectivity index (χ2v) is 12.8. The third-order valence-electron chi connectivity index (χ3n) is 6.03. The number of ether oxygens (including phenoxy) is 1. The van der Waals surface area contributed by atoms with Gasteiger partial charge in [-0.05, 0) is 68.3 Å². The molecular weight excluding hydrogens is 631 g/mol. The SMILES string of the molecule is COc1cc(S(=O)(=O)O)c(C)cc1NC(=O)C(N=Nc1ccc(-c2nc3ccc(C)c(S(=O)(=O)[O-])c3s2)cc1)C(C)=O.[Na+]. The number of hydrogen-bond acceptors (Lipinski definition) is 12. The van der Waals surface area contributed by atoms with Crippen molar-refractivity contribution < 1.29 is 69.8 Å². The van der Waals surface area contributed by atoms with Gasteiger partial charge in [0.25, 0.3) is 16.0 Å². The van der Waals surface area contributed by atoms with Crippen LogP contribution in [0.25, 0.3) is 20.8 Å². The van der Waals surface area contributed by atoms with E-state index in [1.165, 1.54) is 33.1 Å². The van der Waals surface area contributed by atoms with Gasteiger partial charge in [0, 0.05) is 11.6 Å². The fraction of sp³-hybridized carbons (Fsp3) is 0.192. The van der Waals surface area contributed by atoms with E-state index in [1.807, 2.05) is 0 Å². The zero-order valence-corrected chi connectivity index (χ0v) is 27.9. The van der Waals surface area contributed by atoms with Crippen molar-refractivity contribution in [1.29, 1.82) is 0 Å². The molecule has 43 heavy (non-hydrogen) atoms. The Hall–Kier alpha value is -3.09. The summed E-state index contributed by atoms with van der Waals surface area (Å²) in [5.74, 6) is -1.54. The van der Waals surface area contributed by atoms with Crippen molar-refractivity contribution in [2.45, 2.75) is 36.6 Å². The first-order valence-electron chi connectivity index (χ1n) is 11.9. The van der Waals surface area contributed by atoms with Crippen molar-refractivity contribution in [3.8, 4) is 16.3 Å². The monoisotopic (exact) mass is 654 g/mol. The minimum absolute atomic E-state index is 0. The van der Waals surface area contributed by atoms with Crippen molar-refractivity contribution in [3.05, 3.63) is 59.7 Å². The van der Waals surface area contributed by atoms with Crippen LogP contribution in [0.2, 0.25) is 0 Å². The van der Waals surface area contributed by atoms with E-state index in [1.54, 1.807) is 30.3 Å². The molecule has 4 aromatic rings. The predicted octanol–water partition coefficient (Wildman–Crippen LogP) is 1.42. The van der Waals surface area contributed by atoms with Crippen LogP contribution in [0.15, 0.2) is 68.6 Å². The molecule has 0 saturated heterocycles. The largest absolute Gasteiger partial charge is 1.00 e. The molecule has 3 aromatic carbocycles. The molecule has 4 rings (SSSR count). The Morgan fingerprint density at radius 2 is 1.70 bits per heavy atom. The summed E-state index contributed by atoms with van der Waals surface area (Å²) in [6, 6.07) is 10.3. The number of ketones is 1. The number of benzene rings is 3. The van der Waals surface area contributed by atoms with Crippen molar-refractivity contribution in [1.82, 2.24) is 4.98 Å². The molecule has 2 N–H and O–H groups in total. The molecule has 0 saturated carbocycles. The molecule has 0 spiro atoms. The van der Waals surface area contributed by atoms with Crippen LogP contribution in [0.3, 0.4) is 0 Å². The van der Waals surface area contributed by atoms with Crippen LogP contribution in [-0.2, 0) is 29.8 Å². The van der Waals surface area contributed by atoms with Crippen LogP contribution in [-0.4, -0.2) is 55.8 Å². The average Bonchev–Trinajstić information content (AvgIpc) is 3.31. The molecular formula is C26H23N4NaO9S3. The number of fused-ring (bicyclic) bond motifs is 1. The van der Waals surface area contributed by atoms with Gasteiger partial charge in [-0.15, -0.1) is 11.3 Å². The van der Waals surface area contributed by atoms with Crippen molar-refractivity contribution in [3.63, 3.8) is 0 Å². The summed E-state index contributed by atoms with van der Waals surface area (Å²) in [5.41, 5.74) is 1.79. The maximum atomic E-state index is 12.9. The normalized spacial score (nSPS) is 12.6. The third-order valence-corrected chi connectivity index (χ3v) is 9.32. The summed E-state index contributed by atoms with van der Waals surface area (Å²) in [4.78, 5) is 28.9. The Morgan fingerprint density at radius 3 is 2.26 bits per heavy atom. The number of thiazole rings is 1. The second-order valence-electron chi connectivity index (χ2n) is 9.09. The summed E-state index contributed by atoms with van der Waals surface area (Å²) < 4.78 is 73.3. The zero-order valence-electron chi connectivity index (χ0n) is 23.5. The van der Waals surface area contributed by atoms with Gasteiger partial charge < -0.3 is 14.6 Å². The van der Waals surface area contributed by atoms with Gasteiger partial charge in [-0.1, -0.05) is 6.07 Å². The number of amides is 1. The maximum Gasteiger partial charge on any atom is 1.00 e. The number of aryl methyl sites for hydroxylation is 2. The smallest absolute Gasteiger partial charge is 0.744 e. The minimum Gasteiger partial charge on any atom is -0.744 e. The fourth-order valence-electron chi connectivity index (χ4n) is 4.03. The molecule has 1 atom stereocenters. The van der Waals surface area contributed by atoms with E-state index in [-0.39, 0.29) is 56.2 Å². The number of azo groups is 1. The topological polar surface area (TPSA) is 205 Å². The fourth-order valence-corrected chi connectivity index (χ4v) is 7.04. The Morgan fingerprint density at radius 1 is 1.05 bits per heavy atom. The first-order valence-corrected chi connectivity index (χ1v) is 15.6. The zero-order chi connectivity index (χ0) is 31.0. The Labute approximate surface area is 273 Å². The van der Waals surface area contributed by atoms with Crippen LogP contribution in [0.4, 0.5) is 11.4 Å². The molecule has 1 aromatic heterocycles. The van der Waals surface area contributed by atoms with E-state index in [4.69, 9.17) is 4.74 Å². The van der Waals surface area contributed by atoms with Gasteiger partial charge >= 0.3 is 29.6 Å². The summed E-state index contributed by atoms with van der Waals surface area (Å²) >= 11 is 1.06. The molecule has 1 amide bonds. The second kappa shape index (κ2) is 13.3. The van der Waals surface area contributed by atoms with Gasteiger partial charge in [-0.3, -0.25) is 14.1 Å². The van der Waals surface area contributed by atoms with Crippen LogP contribution >= 0.6 is 11.3 Å². The van der Waals surface area contributed by atoms with Gasteiger partial charge in [0.1, 0.15) is 25.8 Å². The minimum atomic E-state index is -4.71. The molecule has 0 aliphatic rings. The van der Waals surface area contributed by atoms with Gasteiger partial charge in [0.05, 0.1) is 33.6 Å². The Bertz CT molecular complexity index is 1970. The molecule has 17 heteroatoms. The van der Waals surface area contributed by atoms with Crippen LogP contribution in [0.1, 0.15) is 18.1 Å². The number of carbonyl (C=O) groups excluding carboxylic acids is 2. The molecule has 0 aliphatic carbocycles. The molecule has 220 valence electrons. The van der Waals surface area contributed by atoms with Crippen molar-refractivity contribution in [2.75, 3.05) is 12.4 Å².